The summed E-state index contributed by atoms with van der Waals surface area (Å²) in [5.41, 5.74) is 3.42. The summed E-state index contributed by atoms with van der Waals surface area (Å²) < 4.78 is 68.1. The summed E-state index contributed by atoms with van der Waals surface area (Å²) in [7, 11) is -3.11. The average molecular weight is 726 g/mol. The van der Waals surface area contributed by atoms with E-state index in [2.05, 4.69) is 0 Å². The van der Waals surface area contributed by atoms with E-state index in [4.69, 9.17) is 13.7 Å². The summed E-state index contributed by atoms with van der Waals surface area (Å²) in [4.78, 5) is 15.0. The van der Waals surface area contributed by atoms with E-state index >= 15 is 0 Å². The second-order valence-electron chi connectivity index (χ2n) is 12.6. The van der Waals surface area contributed by atoms with Gasteiger partial charge in [0.1, 0.15) is 47.6 Å². The highest BCUT2D eigenvalue weighted by molar-refractivity contribution is 7.87. The zero-order chi connectivity index (χ0) is 36.4. The van der Waals surface area contributed by atoms with E-state index in [1.165, 1.54) is 67.8 Å². The van der Waals surface area contributed by atoms with Crippen molar-refractivity contribution in [1.29, 1.82) is 0 Å². The van der Waals surface area contributed by atoms with Crippen LogP contribution < -0.4 is 9.08 Å². The molecular weight excluding hydrogens is 688 g/mol. The number of carbonyl (C=O) groups excluding carboxylic acids is 1. The third-order valence-electron chi connectivity index (χ3n) is 9.26. The minimum atomic E-state index is -4.31. The Bertz CT molecular complexity index is 1910. The largest absolute Gasteiger partial charge is 0.388 e. The molecule has 11 nitrogen and oxygen atoms in total. The fourth-order valence-corrected chi connectivity index (χ4v) is 7.65. The number of rotatable bonds is 12. The van der Waals surface area contributed by atoms with Gasteiger partial charge in [-0.3, -0.25) is 4.79 Å². The number of halogens is 2. The Labute approximate surface area is 293 Å². The van der Waals surface area contributed by atoms with Gasteiger partial charge in [0.15, 0.2) is 6.29 Å². The first-order valence-electron chi connectivity index (χ1n) is 16.2. The summed E-state index contributed by atoms with van der Waals surface area (Å²) in [6.45, 7) is 0. The van der Waals surface area contributed by atoms with Gasteiger partial charge in [-0.1, -0.05) is 48.5 Å². The number of hydrogen-bond donors (Lipinski definition) is 4. The van der Waals surface area contributed by atoms with Crippen LogP contribution >= 0.6 is 0 Å². The van der Waals surface area contributed by atoms with E-state index in [0.29, 0.717) is 17.7 Å². The molecule has 6 rings (SSSR count). The molecule has 0 saturated carbocycles. The summed E-state index contributed by atoms with van der Waals surface area (Å²) in [6.07, 6.45) is -7.96. The molecule has 0 aliphatic carbocycles. The van der Waals surface area contributed by atoms with Crippen LogP contribution in [0, 0.1) is 17.6 Å². The third kappa shape index (κ3) is 7.97. The topological polar surface area (TPSA) is 163 Å². The molecule has 14 heteroatoms. The summed E-state index contributed by atoms with van der Waals surface area (Å²) in [6, 6.07) is 24.5. The molecule has 4 aromatic rings. The first-order valence-corrected chi connectivity index (χ1v) is 17.8. The monoisotopic (exact) mass is 725 g/mol. The number of benzene rings is 4. The van der Waals surface area contributed by atoms with Crippen molar-refractivity contribution >= 4 is 21.7 Å². The highest BCUT2D eigenvalue weighted by Crippen LogP contribution is 2.46. The first-order chi connectivity index (χ1) is 24.3. The molecule has 0 radical (unpaired) electrons. The zero-order valence-corrected chi connectivity index (χ0v) is 28.1. The fraction of sp³-hybridized carbons (Fsp3) is 0.324. The number of nitrogens with zero attached hydrogens (tertiary/aromatic N) is 1. The van der Waals surface area contributed by atoms with Gasteiger partial charge >= 0.3 is 10.1 Å². The van der Waals surface area contributed by atoms with E-state index in [1.54, 1.807) is 17.0 Å². The van der Waals surface area contributed by atoms with E-state index < -0.39 is 76.3 Å². The number of methoxy groups -OCH3 is 1. The van der Waals surface area contributed by atoms with Gasteiger partial charge in [0.05, 0.1) is 18.1 Å². The molecular formula is C37H37F2NO10S. The maximum atomic E-state index is 13.7. The van der Waals surface area contributed by atoms with E-state index in [1.807, 2.05) is 24.3 Å². The van der Waals surface area contributed by atoms with Crippen molar-refractivity contribution in [1.82, 2.24) is 0 Å². The summed E-state index contributed by atoms with van der Waals surface area (Å²) in [5, 5.41) is 40.9. The van der Waals surface area contributed by atoms with Gasteiger partial charge in [-0.15, -0.1) is 0 Å². The average Bonchev–Trinajstić information content (AvgIpc) is 3.12. The molecule has 2 saturated heterocycles. The number of ether oxygens (including phenoxy) is 2. The Balaban J connectivity index is 1.14. The molecule has 8 atom stereocenters. The molecule has 0 bridgehead atoms. The van der Waals surface area contributed by atoms with Gasteiger partial charge in [0.25, 0.3) is 0 Å². The number of β-lactam (4-membered cyclic amide) rings is 1. The molecule has 0 spiro atoms. The van der Waals surface area contributed by atoms with Crippen molar-refractivity contribution in [2.75, 3.05) is 17.8 Å². The van der Waals surface area contributed by atoms with Crippen molar-refractivity contribution in [2.24, 2.45) is 5.92 Å². The molecule has 2 heterocycles. The van der Waals surface area contributed by atoms with Crippen LogP contribution in [0.3, 0.4) is 0 Å². The molecule has 2 fully saturated rings. The van der Waals surface area contributed by atoms with Crippen molar-refractivity contribution < 1.29 is 56.1 Å². The lowest BCUT2D eigenvalue weighted by Gasteiger charge is -2.48. The molecule has 51 heavy (non-hydrogen) atoms. The summed E-state index contributed by atoms with van der Waals surface area (Å²) >= 11 is 0. The summed E-state index contributed by atoms with van der Waals surface area (Å²) in [5.74, 6) is -2.29. The van der Waals surface area contributed by atoms with Crippen molar-refractivity contribution in [3.63, 3.8) is 0 Å². The molecule has 2 aliphatic rings. The predicted octanol–water partition coefficient (Wildman–Crippen LogP) is 4.01. The Morgan fingerprint density at radius 2 is 1.37 bits per heavy atom. The lowest BCUT2D eigenvalue weighted by atomic mass is 9.78. The molecule has 0 aromatic heterocycles. The second kappa shape index (κ2) is 15.1. The minimum Gasteiger partial charge on any atom is -0.388 e. The minimum absolute atomic E-state index is 0.00173. The number of hydrogen-bond acceptors (Lipinski definition) is 10. The SMILES string of the molecule is CO[C@@H]1OC(CS(=O)(=O)Oc2ccc(-c3ccc([C@@H]4[C@@H](CC[C@H](O)c5ccc(F)cc5)C(=O)N4c4ccc(F)cc4)cc3)cc2)[C@H](O)[C@@H](O)[C@@H]1O. The molecule has 270 valence electrons. The van der Waals surface area contributed by atoms with Crippen LogP contribution in [0.4, 0.5) is 14.5 Å². The van der Waals surface area contributed by atoms with Crippen molar-refractivity contribution in [2.45, 2.75) is 55.7 Å². The van der Waals surface area contributed by atoms with Crippen LogP contribution in [-0.4, -0.2) is 78.3 Å². The zero-order valence-electron chi connectivity index (χ0n) is 27.3. The van der Waals surface area contributed by atoms with Crippen molar-refractivity contribution in [3.05, 3.63) is 120 Å². The second-order valence-corrected chi connectivity index (χ2v) is 14.2. The van der Waals surface area contributed by atoms with Crippen LogP contribution in [0.15, 0.2) is 97.1 Å². The standard InChI is InChI=1S/C37H37F2NO10S/c1-48-37-35(44)34(43)33(42)31(49-37)20-51(46,47)50-28-16-8-22(9-17-28)21-2-4-24(5-3-21)32-29(18-19-30(41)23-6-10-25(38)11-7-23)36(45)40(32)27-14-12-26(39)13-15-27/h2-17,29-35,37,41-44H,18-20H2,1H3/t29-,30+,31?,32-,33+,34-,35+,37-/m1/s1. The van der Waals surface area contributed by atoms with Crippen LogP contribution in [0.5, 0.6) is 5.75 Å². The Morgan fingerprint density at radius 1 is 0.804 bits per heavy atom. The van der Waals surface area contributed by atoms with Gasteiger partial charge in [-0.05, 0) is 83.6 Å². The van der Waals surface area contributed by atoms with Gasteiger partial charge in [-0.25, -0.2) is 8.78 Å². The van der Waals surface area contributed by atoms with E-state index in [0.717, 1.165) is 16.7 Å². The quantitative estimate of drug-likeness (QED) is 0.124. The molecule has 4 N–H and O–H groups in total. The Hall–Kier alpha value is -4.28. The highest BCUT2D eigenvalue weighted by atomic mass is 32.2. The van der Waals surface area contributed by atoms with Crippen LogP contribution in [0.1, 0.15) is 36.1 Å². The van der Waals surface area contributed by atoms with E-state index in [-0.39, 0.29) is 18.1 Å². The van der Waals surface area contributed by atoms with Crippen molar-refractivity contribution in [3.8, 4) is 16.9 Å². The van der Waals surface area contributed by atoms with Gasteiger partial charge in [-0.2, -0.15) is 8.42 Å². The fourth-order valence-electron chi connectivity index (χ4n) is 6.50. The first kappa shape index (κ1) is 36.5. The predicted molar refractivity (Wildman–Crippen MR) is 181 cm³/mol. The van der Waals surface area contributed by atoms with Gasteiger partial charge < -0.3 is 39.0 Å². The van der Waals surface area contributed by atoms with Crippen LogP contribution in [0.2, 0.25) is 0 Å². The lowest BCUT2D eigenvalue weighted by molar-refractivity contribution is -0.285. The number of carbonyl (C=O) groups is 1. The maximum Gasteiger partial charge on any atom is 0.311 e. The highest BCUT2D eigenvalue weighted by Gasteiger charge is 2.49. The molecule has 1 unspecified atom stereocenters. The number of amides is 1. The molecule has 1 amide bonds. The van der Waals surface area contributed by atoms with E-state index in [9.17, 15) is 42.4 Å². The third-order valence-corrected chi connectivity index (χ3v) is 10.4. The molecule has 2 aliphatic heterocycles. The number of anilines is 1. The Kier molecular flexibility index (Phi) is 10.8. The van der Waals surface area contributed by atoms with Gasteiger partial charge in [0.2, 0.25) is 5.91 Å². The normalized spacial score (nSPS) is 25.7. The molecule has 4 aromatic carbocycles. The Morgan fingerprint density at radius 3 is 1.96 bits per heavy atom. The van der Waals surface area contributed by atoms with Gasteiger partial charge in [0, 0.05) is 12.8 Å². The lowest BCUT2D eigenvalue weighted by Crippen LogP contribution is -2.59. The smallest absolute Gasteiger partial charge is 0.311 e. The number of aliphatic hydroxyl groups excluding tert-OH is 4. The maximum absolute atomic E-state index is 13.7. The van der Waals surface area contributed by atoms with Crippen LogP contribution in [0.25, 0.3) is 11.1 Å². The van der Waals surface area contributed by atoms with Crippen LogP contribution in [-0.2, 0) is 24.4 Å². The number of aliphatic hydroxyl groups is 4.